The standard InChI is InChI=1S/C24H32N4O4/c1-5-16-20-18(9-11-26-22(20)29)27-21(16)17-8-10-25-13-19(17)31-14-15-7-6-12-28(15)23(30)32-24(2,3)4/h8,10,13,15,27H,5-7,9,11-12,14H2,1-4H3,(H,26,29)/t15-/m0/s1. The van der Waals surface area contributed by atoms with Crippen LogP contribution < -0.4 is 10.1 Å². The molecule has 0 radical (unpaired) electrons. The molecule has 0 unspecified atom stereocenters. The number of hydrogen-bond donors (Lipinski definition) is 2. The molecule has 8 nitrogen and oxygen atoms in total. The fourth-order valence-electron chi connectivity index (χ4n) is 4.49. The van der Waals surface area contributed by atoms with Crippen LogP contribution in [0.4, 0.5) is 4.79 Å². The quantitative estimate of drug-likeness (QED) is 0.739. The number of fused-ring (bicyclic) bond motifs is 1. The molecule has 4 heterocycles. The summed E-state index contributed by atoms with van der Waals surface area (Å²) in [5, 5.41) is 2.93. The number of rotatable bonds is 5. The smallest absolute Gasteiger partial charge is 0.410 e. The first kappa shape index (κ1) is 22.2. The van der Waals surface area contributed by atoms with E-state index in [0.29, 0.717) is 25.4 Å². The number of ether oxygens (including phenoxy) is 2. The number of likely N-dealkylation sites (tertiary alicyclic amines) is 1. The maximum absolute atomic E-state index is 12.6. The molecule has 2 aliphatic heterocycles. The van der Waals surface area contributed by atoms with Crippen molar-refractivity contribution in [1.29, 1.82) is 0 Å². The van der Waals surface area contributed by atoms with Crippen molar-refractivity contribution in [2.75, 3.05) is 19.7 Å². The molecule has 2 aromatic rings. The van der Waals surface area contributed by atoms with Crippen molar-refractivity contribution < 1.29 is 19.1 Å². The Morgan fingerprint density at radius 1 is 1.34 bits per heavy atom. The Kier molecular flexibility index (Phi) is 6.13. The van der Waals surface area contributed by atoms with E-state index in [0.717, 1.165) is 53.8 Å². The van der Waals surface area contributed by atoms with Crippen LogP contribution in [0.3, 0.4) is 0 Å². The van der Waals surface area contributed by atoms with Gasteiger partial charge in [0, 0.05) is 37.0 Å². The summed E-state index contributed by atoms with van der Waals surface area (Å²) in [6.45, 7) is 9.33. The number of aromatic amines is 1. The Hall–Kier alpha value is -3.03. The lowest BCUT2D eigenvalue weighted by Gasteiger charge is -2.28. The molecule has 2 aromatic heterocycles. The Morgan fingerprint density at radius 2 is 2.16 bits per heavy atom. The van der Waals surface area contributed by atoms with Gasteiger partial charge >= 0.3 is 6.09 Å². The van der Waals surface area contributed by atoms with Crippen LogP contribution in [-0.2, 0) is 17.6 Å². The first-order chi connectivity index (χ1) is 15.3. The lowest BCUT2D eigenvalue weighted by molar-refractivity contribution is 0.0187. The lowest BCUT2D eigenvalue weighted by Crippen LogP contribution is -2.42. The molecule has 0 bridgehead atoms. The van der Waals surface area contributed by atoms with Crippen LogP contribution in [-0.4, -0.2) is 58.2 Å². The van der Waals surface area contributed by atoms with Crippen molar-refractivity contribution in [3.05, 3.63) is 35.3 Å². The topological polar surface area (TPSA) is 96.5 Å². The number of carbonyl (C=O) groups excluding carboxylic acids is 2. The van der Waals surface area contributed by atoms with Crippen molar-refractivity contribution >= 4 is 12.0 Å². The minimum atomic E-state index is -0.531. The fourth-order valence-corrected chi connectivity index (χ4v) is 4.49. The van der Waals surface area contributed by atoms with Crippen molar-refractivity contribution in [1.82, 2.24) is 20.2 Å². The maximum atomic E-state index is 12.6. The third kappa shape index (κ3) is 4.45. The highest BCUT2D eigenvalue weighted by Crippen LogP contribution is 2.36. The lowest BCUT2D eigenvalue weighted by atomic mass is 9.99. The van der Waals surface area contributed by atoms with Crippen LogP contribution in [0.25, 0.3) is 11.3 Å². The van der Waals surface area contributed by atoms with Gasteiger partial charge in [-0.05, 0) is 51.7 Å². The summed E-state index contributed by atoms with van der Waals surface area (Å²) in [5.41, 5.74) is 3.96. The van der Waals surface area contributed by atoms with Crippen molar-refractivity contribution in [3.63, 3.8) is 0 Å². The van der Waals surface area contributed by atoms with Gasteiger partial charge in [0.25, 0.3) is 5.91 Å². The van der Waals surface area contributed by atoms with Gasteiger partial charge in [0.05, 0.1) is 23.5 Å². The molecule has 0 spiro atoms. The van der Waals surface area contributed by atoms with E-state index >= 15 is 0 Å². The average Bonchev–Trinajstić information content (AvgIpc) is 3.36. The predicted octanol–water partition coefficient (Wildman–Crippen LogP) is 3.70. The van der Waals surface area contributed by atoms with Gasteiger partial charge in [0.15, 0.2) is 0 Å². The van der Waals surface area contributed by atoms with Crippen LogP contribution in [0.1, 0.15) is 62.2 Å². The molecule has 4 rings (SSSR count). The van der Waals surface area contributed by atoms with E-state index in [9.17, 15) is 9.59 Å². The highest BCUT2D eigenvalue weighted by molar-refractivity contribution is 6.00. The molecule has 2 aliphatic rings. The van der Waals surface area contributed by atoms with Gasteiger partial charge in [-0.3, -0.25) is 9.78 Å². The normalized spacial score (nSPS) is 18.3. The summed E-state index contributed by atoms with van der Waals surface area (Å²) in [5.74, 6) is 0.610. The van der Waals surface area contributed by atoms with Crippen molar-refractivity contribution in [3.8, 4) is 17.0 Å². The summed E-state index contributed by atoms with van der Waals surface area (Å²) in [6, 6.07) is 1.86. The van der Waals surface area contributed by atoms with Gasteiger partial charge in [0.2, 0.25) is 0 Å². The van der Waals surface area contributed by atoms with Crippen molar-refractivity contribution in [2.45, 2.75) is 65.0 Å². The first-order valence-electron chi connectivity index (χ1n) is 11.4. The van der Waals surface area contributed by atoms with Crippen LogP contribution in [0, 0.1) is 0 Å². The molecular formula is C24H32N4O4. The zero-order chi connectivity index (χ0) is 22.9. The summed E-state index contributed by atoms with van der Waals surface area (Å²) < 4.78 is 11.8. The monoisotopic (exact) mass is 440 g/mol. The fraction of sp³-hybridized carbons (Fsp3) is 0.542. The Labute approximate surface area is 188 Å². The number of H-pyrrole nitrogens is 1. The van der Waals surface area contributed by atoms with Crippen molar-refractivity contribution in [2.24, 2.45) is 0 Å². The molecule has 172 valence electrons. The number of amides is 2. The van der Waals surface area contributed by atoms with Gasteiger partial charge in [-0.25, -0.2) is 4.79 Å². The molecule has 1 fully saturated rings. The highest BCUT2D eigenvalue weighted by Gasteiger charge is 2.33. The summed E-state index contributed by atoms with van der Waals surface area (Å²) >= 11 is 0. The number of pyridine rings is 1. The number of nitrogens with one attached hydrogen (secondary N) is 2. The molecule has 1 atom stereocenters. The van der Waals surface area contributed by atoms with Gasteiger partial charge in [-0.2, -0.15) is 0 Å². The molecule has 0 aromatic carbocycles. The molecule has 0 saturated carbocycles. The second-order valence-electron chi connectivity index (χ2n) is 9.34. The first-order valence-corrected chi connectivity index (χ1v) is 11.4. The molecule has 32 heavy (non-hydrogen) atoms. The van der Waals surface area contributed by atoms with Gasteiger partial charge in [-0.15, -0.1) is 0 Å². The number of carbonyl (C=O) groups is 2. The van der Waals surface area contributed by atoms with E-state index in [1.165, 1.54) is 0 Å². The largest absolute Gasteiger partial charge is 0.489 e. The summed E-state index contributed by atoms with van der Waals surface area (Å²) in [4.78, 5) is 34.5. The Bertz CT molecular complexity index is 1010. The zero-order valence-electron chi connectivity index (χ0n) is 19.3. The van der Waals surface area contributed by atoms with E-state index in [1.807, 2.05) is 33.8 Å². The molecule has 1 saturated heterocycles. The highest BCUT2D eigenvalue weighted by atomic mass is 16.6. The van der Waals surface area contributed by atoms with Gasteiger partial charge in [0.1, 0.15) is 18.0 Å². The summed E-state index contributed by atoms with van der Waals surface area (Å²) in [7, 11) is 0. The minimum absolute atomic E-state index is 0.0268. The Balaban J connectivity index is 1.55. The summed E-state index contributed by atoms with van der Waals surface area (Å²) in [6.07, 6.45) is 6.42. The third-order valence-electron chi connectivity index (χ3n) is 5.91. The second kappa shape index (κ2) is 8.84. The number of aromatic nitrogens is 2. The number of hydrogen-bond acceptors (Lipinski definition) is 5. The van der Waals surface area contributed by atoms with E-state index in [-0.39, 0.29) is 18.0 Å². The van der Waals surface area contributed by atoms with Crippen LogP contribution in [0.2, 0.25) is 0 Å². The maximum Gasteiger partial charge on any atom is 0.410 e. The number of nitrogens with zero attached hydrogens (tertiary/aromatic N) is 2. The SMILES string of the molecule is CCc1c(-c2ccncc2OC[C@@H]2CCCN2C(=O)OC(C)(C)C)[nH]c2c1C(=O)NCC2. The molecule has 8 heteroatoms. The van der Waals surface area contributed by atoms with E-state index in [1.54, 1.807) is 17.3 Å². The van der Waals surface area contributed by atoms with E-state index in [4.69, 9.17) is 9.47 Å². The van der Waals surface area contributed by atoms with Gasteiger partial charge < -0.3 is 24.7 Å². The minimum Gasteiger partial charge on any atom is -0.489 e. The van der Waals surface area contributed by atoms with Crippen LogP contribution >= 0.6 is 0 Å². The Morgan fingerprint density at radius 3 is 2.91 bits per heavy atom. The third-order valence-corrected chi connectivity index (χ3v) is 5.91. The molecule has 2 N–H and O–H groups in total. The molecular weight excluding hydrogens is 408 g/mol. The van der Waals surface area contributed by atoms with Gasteiger partial charge in [-0.1, -0.05) is 6.92 Å². The van der Waals surface area contributed by atoms with E-state index < -0.39 is 5.60 Å². The van der Waals surface area contributed by atoms with Crippen LogP contribution in [0.5, 0.6) is 5.75 Å². The van der Waals surface area contributed by atoms with E-state index in [2.05, 4.69) is 15.3 Å². The predicted molar refractivity (Wildman–Crippen MR) is 121 cm³/mol. The second-order valence-corrected chi connectivity index (χ2v) is 9.34. The average molecular weight is 441 g/mol. The van der Waals surface area contributed by atoms with Crippen LogP contribution in [0.15, 0.2) is 18.5 Å². The zero-order valence-corrected chi connectivity index (χ0v) is 19.3. The molecule has 0 aliphatic carbocycles. The molecule has 2 amide bonds.